The Balaban J connectivity index is 2.56. The number of nitrogens with one attached hydrogen (secondary N) is 1. The number of benzene rings is 1. The van der Waals surface area contributed by atoms with Crippen LogP contribution in [0.25, 0.3) is 0 Å². The van der Waals surface area contributed by atoms with Crippen molar-refractivity contribution in [2.45, 2.75) is 18.7 Å². The van der Waals surface area contributed by atoms with Crippen molar-refractivity contribution in [1.29, 1.82) is 0 Å². The lowest BCUT2D eigenvalue weighted by atomic mass is 10.1. The van der Waals surface area contributed by atoms with Gasteiger partial charge < -0.3 is 23.7 Å². The molecule has 0 atom stereocenters. The van der Waals surface area contributed by atoms with Crippen LogP contribution in [0.2, 0.25) is 5.15 Å². The number of rotatable bonds is 13. The minimum atomic E-state index is -4.21. The highest BCUT2D eigenvalue weighted by Crippen LogP contribution is 2.36. The third-order valence-electron chi connectivity index (χ3n) is 4.28. The number of halogens is 1. The highest BCUT2D eigenvalue weighted by atomic mass is 35.5. The van der Waals surface area contributed by atoms with E-state index in [1.54, 1.807) is 6.92 Å². The first kappa shape index (κ1) is 26.7. The molecule has 1 aromatic carbocycles. The van der Waals surface area contributed by atoms with Crippen LogP contribution in [0.5, 0.6) is 11.5 Å². The summed E-state index contributed by atoms with van der Waals surface area (Å²) in [6, 6.07) is 2.70. The number of nitrogens with zero attached hydrogens (tertiary/aromatic N) is 2. The molecule has 11 nitrogen and oxygen atoms in total. The Bertz CT molecular complexity index is 1070. The highest BCUT2D eigenvalue weighted by Gasteiger charge is 2.28. The second-order valence-corrected chi connectivity index (χ2v) is 8.66. The smallest absolute Gasteiger partial charge is 0.340 e. The van der Waals surface area contributed by atoms with Crippen LogP contribution >= 0.6 is 11.6 Å². The molecule has 1 N–H and O–H groups in total. The molecule has 0 bridgehead atoms. The number of hydrogen-bond donors (Lipinski definition) is 1. The van der Waals surface area contributed by atoms with Crippen molar-refractivity contribution in [3.8, 4) is 11.5 Å². The SMILES string of the molecule is CCOC(=O)c1cc(OCCOC)c(OCCOC)cc1NS(=O)(=O)c1c(C)nn(C)c1Cl. The molecule has 0 aliphatic rings. The fraction of sp³-hybridized carbons (Fsp3) is 0.500. The summed E-state index contributed by atoms with van der Waals surface area (Å²) >= 11 is 6.15. The maximum absolute atomic E-state index is 13.1. The Morgan fingerprint density at radius 3 is 2.15 bits per heavy atom. The summed E-state index contributed by atoms with van der Waals surface area (Å²) < 4.78 is 56.4. The van der Waals surface area contributed by atoms with Crippen molar-refractivity contribution in [3.05, 3.63) is 28.5 Å². The van der Waals surface area contributed by atoms with Gasteiger partial charge in [-0.15, -0.1) is 0 Å². The Labute approximate surface area is 197 Å². The second-order valence-electron chi connectivity index (χ2n) is 6.68. The molecular formula is C20H28ClN3O8S. The molecule has 0 spiro atoms. The van der Waals surface area contributed by atoms with E-state index in [0.717, 1.165) is 0 Å². The van der Waals surface area contributed by atoms with E-state index in [9.17, 15) is 13.2 Å². The zero-order valence-corrected chi connectivity index (χ0v) is 20.7. The normalized spacial score (nSPS) is 11.3. The van der Waals surface area contributed by atoms with Crippen molar-refractivity contribution in [1.82, 2.24) is 9.78 Å². The molecule has 0 radical (unpaired) electrons. The molecule has 13 heteroatoms. The lowest BCUT2D eigenvalue weighted by molar-refractivity contribution is 0.0527. The molecule has 0 aliphatic carbocycles. The van der Waals surface area contributed by atoms with Crippen LogP contribution in [-0.4, -0.2) is 71.4 Å². The van der Waals surface area contributed by atoms with Crippen LogP contribution in [0.4, 0.5) is 5.69 Å². The molecule has 0 unspecified atom stereocenters. The van der Waals surface area contributed by atoms with Gasteiger partial charge in [0.1, 0.15) is 23.3 Å². The van der Waals surface area contributed by atoms with Gasteiger partial charge in [0.2, 0.25) is 0 Å². The summed E-state index contributed by atoms with van der Waals surface area (Å²) in [7, 11) is 0.343. The number of aryl methyl sites for hydroxylation is 2. The van der Waals surface area contributed by atoms with Crippen LogP contribution in [0.15, 0.2) is 17.0 Å². The largest absolute Gasteiger partial charge is 0.487 e. The molecule has 33 heavy (non-hydrogen) atoms. The van der Waals surface area contributed by atoms with Crippen LogP contribution in [0.1, 0.15) is 23.0 Å². The lowest BCUT2D eigenvalue weighted by Gasteiger charge is -2.18. The number of carbonyl (C=O) groups is 1. The number of anilines is 1. The van der Waals surface area contributed by atoms with Crippen LogP contribution in [0.3, 0.4) is 0 Å². The van der Waals surface area contributed by atoms with Crippen molar-refractivity contribution < 1.29 is 36.9 Å². The Morgan fingerprint density at radius 2 is 1.67 bits per heavy atom. The van der Waals surface area contributed by atoms with E-state index in [1.807, 2.05) is 0 Å². The maximum atomic E-state index is 13.1. The Morgan fingerprint density at radius 1 is 1.09 bits per heavy atom. The predicted octanol–water partition coefficient (Wildman–Crippen LogP) is 2.41. The van der Waals surface area contributed by atoms with Crippen molar-refractivity contribution in [3.63, 3.8) is 0 Å². The van der Waals surface area contributed by atoms with Gasteiger partial charge in [0.25, 0.3) is 10.0 Å². The number of esters is 1. The molecule has 1 aromatic heterocycles. The van der Waals surface area contributed by atoms with E-state index in [2.05, 4.69) is 9.82 Å². The van der Waals surface area contributed by atoms with Crippen LogP contribution in [0, 0.1) is 6.92 Å². The van der Waals surface area contributed by atoms with Crippen LogP contribution in [-0.2, 0) is 31.3 Å². The van der Waals surface area contributed by atoms with E-state index in [4.69, 9.17) is 35.3 Å². The third kappa shape index (κ3) is 6.73. The van der Waals surface area contributed by atoms with Gasteiger partial charge >= 0.3 is 5.97 Å². The molecule has 0 saturated heterocycles. The van der Waals surface area contributed by atoms with E-state index in [0.29, 0.717) is 6.61 Å². The molecule has 0 fully saturated rings. The summed E-state index contributed by atoms with van der Waals surface area (Å²) in [6.45, 7) is 4.15. The fourth-order valence-electron chi connectivity index (χ4n) is 2.83. The zero-order chi connectivity index (χ0) is 24.6. The maximum Gasteiger partial charge on any atom is 0.340 e. The second kappa shape index (κ2) is 12.1. The van der Waals surface area contributed by atoms with Gasteiger partial charge in [-0.25, -0.2) is 13.2 Å². The first-order valence-electron chi connectivity index (χ1n) is 9.96. The number of ether oxygens (including phenoxy) is 5. The summed E-state index contributed by atoms with van der Waals surface area (Å²) in [6.07, 6.45) is 0. The monoisotopic (exact) mass is 505 g/mol. The quantitative estimate of drug-likeness (QED) is 0.322. The molecule has 0 aliphatic heterocycles. The average Bonchev–Trinajstić information content (AvgIpc) is 3.01. The molecule has 1 heterocycles. The number of carbonyl (C=O) groups excluding carboxylic acids is 1. The van der Waals surface area contributed by atoms with Gasteiger partial charge in [0.15, 0.2) is 11.5 Å². The number of methoxy groups -OCH3 is 2. The van der Waals surface area contributed by atoms with Crippen molar-refractivity contribution in [2.24, 2.45) is 7.05 Å². The van der Waals surface area contributed by atoms with E-state index < -0.39 is 16.0 Å². The predicted molar refractivity (Wildman–Crippen MR) is 121 cm³/mol. The van der Waals surface area contributed by atoms with E-state index >= 15 is 0 Å². The van der Waals surface area contributed by atoms with E-state index in [-0.39, 0.29) is 64.9 Å². The molecular weight excluding hydrogens is 478 g/mol. The van der Waals surface area contributed by atoms with Gasteiger partial charge in [0.05, 0.1) is 36.8 Å². The minimum Gasteiger partial charge on any atom is -0.487 e. The average molecular weight is 506 g/mol. The number of sulfonamides is 1. The Kier molecular flexibility index (Phi) is 9.77. The van der Waals surface area contributed by atoms with Gasteiger partial charge in [0, 0.05) is 33.4 Å². The highest BCUT2D eigenvalue weighted by molar-refractivity contribution is 7.92. The summed E-state index contributed by atoms with van der Waals surface area (Å²) in [4.78, 5) is 12.4. The first-order valence-corrected chi connectivity index (χ1v) is 11.8. The molecule has 2 aromatic rings. The first-order chi connectivity index (χ1) is 15.7. The minimum absolute atomic E-state index is 0.0652. The van der Waals surface area contributed by atoms with Gasteiger partial charge in [-0.05, 0) is 13.8 Å². The van der Waals surface area contributed by atoms with Crippen molar-refractivity contribution in [2.75, 3.05) is 52.0 Å². The van der Waals surface area contributed by atoms with Gasteiger partial charge in [-0.2, -0.15) is 5.10 Å². The summed E-state index contributed by atoms with van der Waals surface area (Å²) in [5.41, 5.74) is 0.0626. The van der Waals surface area contributed by atoms with E-state index in [1.165, 1.54) is 45.0 Å². The zero-order valence-electron chi connectivity index (χ0n) is 19.1. The van der Waals surface area contributed by atoms with Gasteiger partial charge in [-0.1, -0.05) is 11.6 Å². The Hall–Kier alpha value is -2.54. The third-order valence-corrected chi connectivity index (χ3v) is 6.34. The molecule has 0 saturated carbocycles. The standard InChI is InChI=1S/C20H28ClN3O8S/c1-6-30-20(25)14-11-16(31-9-7-28-4)17(32-10-8-29-5)12-15(14)23-33(26,27)18-13(2)22-24(3)19(18)21/h11-12,23H,6-10H2,1-5H3. The molecule has 0 amide bonds. The topological polar surface area (TPSA) is 127 Å². The summed E-state index contributed by atoms with van der Waals surface area (Å²) in [5, 5.41) is 3.96. The van der Waals surface area contributed by atoms with Gasteiger partial charge in [-0.3, -0.25) is 9.40 Å². The molecule has 2 rings (SSSR count). The summed E-state index contributed by atoms with van der Waals surface area (Å²) in [5.74, 6) is -0.336. The lowest BCUT2D eigenvalue weighted by Crippen LogP contribution is -2.18. The molecule has 184 valence electrons. The number of hydrogen-bond acceptors (Lipinski definition) is 9. The van der Waals surface area contributed by atoms with Crippen molar-refractivity contribution >= 4 is 33.3 Å². The fourth-order valence-corrected chi connectivity index (χ4v) is 4.65. The number of aromatic nitrogens is 2. The van der Waals surface area contributed by atoms with Crippen LogP contribution < -0.4 is 14.2 Å².